The fourth-order valence-corrected chi connectivity index (χ4v) is 7.34. The molecule has 0 aromatic heterocycles. The first-order valence-corrected chi connectivity index (χ1v) is 19.2. The van der Waals surface area contributed by atoms with Gasteiger partial charge >= 0.3 is 17.9 Å². The van der Waals surface area contributed by atoms with Crippen LogP contribution in [0.3, 0.4) is 0 Å². The Morgan fingerprint density at radius 1 is 0.590 bits per heavy atom. The van der Waals surface area contributed by atoms with Gasteiger partial charge in [0.15, 0.2) is 0 Å². The summed E-state index contributed by atoms with van der Waals surface area (Å²) in [5, 5.41) is 0. The number of carbonyl (C=O) groups excluding carboxylic acids is 3. The number of esters is 3. The first-order valence-electron chi connectivity index (χ1n) is 10.9. The molecular weight excluding hydrogens is 649 g/mol. The van der Waals surface area contributed by atoms with Crippen LogP contribution < -0.4 is 0 Å². The monoisotopic (exact) mass is 680 g/mol. The van der Waals surface area contributed by atoms with Gasteiger partial charge in [-0.2, -0.15) is 25.3 Å². The van der Waals surface area contributed by atoms with Gasteiger partial charge in [-0.15, -0.1) is 35.3 Å². The lowest BCUT2D eigenvalue weighted by Gasteiger charge is -2.31. The Morgan fingerprint density at radius 3 is 1.05 bits per heavy atom. The van der Waals surface area contributed by atoms with Gasteiger partial charge in [0.25, 0.3) is 30.4 Å². The highest BCUT2D eigenvalue weighted by Gasteiger charge is 2.34. The van der Waals surface area contributed by atoms with E-state index < -0.39 is 70.9 Å². The van der Waals surface area contributed by atoms with Crippen LogP contribution in [0.25, 0.3) is 0 Å². The third-order valence-corrected chi connectivity index (χ3v) is 10.2. The average Bonchev–Trinajstić information content (AvgIpc) is 2.80. The Morgan fingerprint density at radius 2 is 0.846 bits per heavy atom. The summed E-state index contributed by atoms with van der Waals surface area (Å²) >= 11 is 2.69. The van der Waals surface area contributed by atoms with E-state index >= 15 is 0 Å². The molecule has 21 heteroatoms. The number of hydrogen-bond donors (Lipinski definition) is 3. The summed E-state index contributed by atoms with van der Waals surface area (Å²) in [4.78, 5) is 36.3. The maximum atomic E-state index is 12.1. The van der Waals surface area contributed by atoms with Crippen molar-refractivity contribution in [3.05, 3.63) is 0 Å². The van der Waals surface area contributed by atoms with Crippen LogP contribution >= 0.6 is 35.3 Å². The van der Waals surface area contributed by atoms with E-state index in [1.165, 1.54) is 0 Å². The Balaban J connectivity index is 5.01. The van der Waals surface area contributed by atoms with Gasteiger partial charge in [-0.3, -0.25) is 28.0 Å². The third-order valence-electron chi connectivity index (χ3n) is 4.48. The molecular formula is C18H32O15S6. The first kappa shape index (κ1) is 38.2. The highest BCUT2D eigenvalue weighted by molar-refractivity contribution is 8.01. The molecule has 0 saturated heterocycles. The summed E-state index contributed by atoms with van der Waals surface area (Å²) in [6.45, 7) is 0.590. The summed E-state index contributed by atoms with van der Waals surface area (Å²) in [5.41, 5.74) is -1.18. The van der Waals surface area contributed by atoms with Gasteiger partial charge in [0.1, 0.15) is 19.8 Å². The van der Waals surface area contributed by atoms with E-state index in [4.69, 9.17) is 27.9 Å². The van der Waals surface area contributed by atoms with Gasteiger partial charge in [0.2, 0.25) is 0 Å². The quantitative estimate of drug-likeness (QED) is 0.0584. The fraction of sp³-hybridized carbons (Fsp3) is 0.833. The molecule has 230 valence electrons. The average molecular weight is 681 g/mol. The van der Waals surface area contributed by atoms with Crippen LogP contribution in [0.15, 0.2) is 0 Å². The molecule has 0 rings (SSSR count). The van der Waals surface area contributed by atoms with Crippen molar-refractivity contribution < 1.29 is 67.5 Å². The minimum absolute atomic E-state index is 0.0629. The SMILES string of the molecule is CCC(COC(=O)CSCCS(=O)(=O)O)(COC(=O)CSCCS(=O)(=O)O)COC(=O)CSCCS(=O)(=O)O. The van der Waals surface area contributed by atoms with E-state index in [2.05, 4.69) is 0 Å². The zero-order chi connectivity index (χ0) is 30.2. The van der Waals surface area contributed by atoms with Crippen molar-refractivity contribution >= 4 is 83.5 Å². The maximum Gasteiger partial charge on any atom is 0.315 e. The minimum atomic E-state index is -4.18. The number of carbonyl (C=O) groups is 3. The maximum absolute atomic E-state index is 12.1. The van der Waals surface area contributed by atoms with Gasteiger partial charge in [-0.1, -0.05) is 6.92 Å². The van der Waals surface area contributed by atoms with Gasteiger partial charge in [-0.25, -0.2) is 0 Å². The molecule has 0 saturated carbocycles. The number of thioether (sulfide) groups is 3. The molecule has 0 radical (unpaired) electrons. The summed E-state index contributed by atoms with van der Waals surface area (Å²) in [6.07, 6.45) is 0.197. The van der Waals surface area contributed by atoms with Crippen molar-refractivity contribution in [1.82, 2.24) is 0 Å². The van der Waals surface area contributed by atoms with Crippen molar-refractivity contribution in [2.75, 3.05) is 71.6 Å². The fourth-order valence-electron chi connectivity index (χ4n) is 2.22. The van der Waals surface area contributed by atoms with Crippen molar-refractivity contribution in [1.29, 1.82) is 0 Å². The zero-order valence-corrected chi connectivity index (χ0v) is 25.8. The van der Waals surface area contributed by atoms with Crippen LogP contribution in [0.5, 0.6) is 0 Å². The van der Waals surface area contributed by atoms with Crippen molar-refractivity contribution in [3.63, 3.8) is 0 Å². The molecule has 0 fully saturated rings. The molecule has 3 N–H and O–H groups in total. The molecule has 0 atom stereocenters. The standard InChI is InChI=1S/C18H32O15S6/c1-2-18(12-31-15(19)9-34-3-6-37(22,23)24,13-32-16(20)10-35-4-7-38(25,26)27)14-33-17(21)11-36-5-8-39(28,29)30/h2-14H2,1H3,(H,22,23,24)(H,25,26,27)(H,28,29,30). The van der Waals surface area contributed by atoms with Crippen LogP contribution in [0.2, 0.25) is 0 Å². The van der Waals surface area contributed by atoms with E-state index in [0.717, 1.165) is 35.3 Å². The third kappa shape index (κ3) is 23.6. The Labute approximate surface area is 240 Å². The van der Waals surface area contributed by atoms with Crippen molar-refractivity contribution in [3.8, 4) is 0 Å². The highest BCUT2D eigenvalue weighted by atomic mass is 32.2. The molecule has 15 nitrogen and oxygen atoms in total. The highest BCUT2D eigenvalue weighted by Crippen LogP contribution is 2.25. The molecule has 0 aliphatic rings. The number of hydrogen-bond acceptors (Lipinski definition) is 15. The largest absolute Gasteiger partial charge is 0.464 e. The Hall–Kier alpha value is -0.810. The molecule has 0 aliphatic heterocycles. The molecule has 0 aliphatic carbocycles. The molecule has 0 heterocycles. The second-order valence-electron chi connectivity index (χ2n) is 7.85. The van der Waals surface area contributed by atoms with Crippen LogP contribution in [0.4, 0.5) is 0 Å². The lowest BCUT2D eigenvalue weighted by Crippen LogP contribution is -2.39. The summed E-state index contributed by atoms with van der Waals surface area (Å²) < 4.78 is 106. The van der Waals surface area contributed by atoms with Gasteiger partial charge in [-0.05, 0) is 6.42 Å². The summed E-state index contributed by atoms with van der Waals surface area (Å²) in [5.74, 6) is -4.82. The van der Waals surface area contributed by atoms with Gasteiger partial charge in [0, 0.05) is 17.3 Å². The Kier molecular flexibility index (Phi) is 18.2. The molecule has 0 amide bonds. The zero-order valence-electron chi connectivity index (χ0n) is 20.9. The van der Waals surface area contributed by atoms with Crippen molar-refractivity contribution in [2.45, 2.75) is 13.3 Å². The predicted octanol–water partition coefficient (Wildman–Crippen LogP) is -0.125. The van der Waals surface area contributed by atoms with Crippen LogP contribution in [0, 0.1) is 5.41 Å². The summed E-state index contributed by atoms with van der Waals surface area (Å²) in [6, 6.07) is 0. The molecule has 0 unspecified atom stereocenters. The molecule has 0 bridgehead atoms. The number of ether oxygens (including phenoxy) is 3. The lowest BCUT2D eigenvalue weighted by molar-refractivity contribution is -0.158. The van der Waals surface area contributed by atoms with Crippen LogP contribution in [0.1, 0.15) is 13.3 Å². The lowest BCUT2D eigenvalue weighted by atomic mass is 9.88. The van der Waals surface area contributed by atoms with Crippen molar-refractivity contribution in [2.24, 2.45) is 5.41 Å². The molecule has 0 aromatic rings. The van der Waals surface area contributed by atoms with Crippen LogP contribution in [-0.4, -0.2) is 128 Å². The van der Waals surface area contributed by atoms with Gasteiger partial charge in [0.05, 0.1) is 39.9 Å². The van der Waals surface area contributed by atoms with E-state index in [9.17, 15) is 39.6 Å². The minimum Gasteiger partial charge on any atom is -0.464 e. The Bertz CT molecular complexity index is 966. The summed E-state index contributed by atoms with van der Waals surface area (Å²) in [7, 11) is -12.5. The van der Waals surface area contributed by atoms with E-state index in [1.54, 1.807) is 6.92 Å². The van der Waals surface area contributed by atoms with Crippen LogP contribution in [-0.2, 0) is 58.9 Å². The molecule has 0 spiro atoms. The molecule has 39 heavy (non-hydrogen) atoms. The van der Waals surface area contributed by atoms with E-state index in [-0.39, 0.29) is 60.8 Å². The van der Waals surface area contributed by atoms with Gasteiger partial charge < -0.3 is 14.2 Å². The normalized spacial score (nSPS) is 12.6. The predicted molar refractivity (Wildman–Crippen MR) is 147 cm³/mol. The first-order chi connectivity index (χ1) is 17.9. The molecule has 0 aromatic carbocycles. The number of rotatable bonds is 22. The van der Waals surface area contributed by atoms with E-state index in [0.29, 0.717) is 0 Å². The topological polar surface area (TPSA) is 242 Å². The van der Waals surface area contributed by atoms with E-state index in [1.807, 2.05) is 0 Å². The second-order valence-corrected chi connectivity index (χ2v) is 15.9. The second kappa shape index (κ2) is 18.6. The smallest absolute Gasteiger partial charge is 0.315 e.